The molecule has 39 heavy (non-hydrogen) atoms. The van der Waals surface area contributed by atoms with E-state index in [0.717, 1.165) is 50.6 Å². The zero-order valence-corrected chi connectivity index (χ0v) is 22.9. The Labute approximate surface area is 232 Å². The van der Waals surface area contributed by atoms with Crippen LogP contribution in [0, 0.1) is 0 Å². The van der Waals surface area contributed by atoms with Crippen molar-refractivity contribution in [1.29, 1.82) is 0 Å². The summed E-state index contributed by atoms with van der Waals surface area (Å²) in [6.07, 6.45) is 9.60. The number of amides is 2. The van der Waals surface area contributed by atoms with Crippen molar-refractivity contribution in [3.63, 3.8) is 0 Å². The van der Waals surface area contributed by atoms with E-state index in [-0.39, 0.29) is 43.1 Å². The summed E-state index contributed by atoms with van der Waals surface area (Å²) in [6.45, 7) is 0.679. The molecule has 2 aliphatic carbocycles. The maximum Gasteiger partial charge on any atom is 0.272 e. The van der Waals surface area contributed by atoms with Gasteiger partial charge in [0.05, 0.1) is 18.3 Å². The largest absolute Gasteiger partial charge is 0.353 e. The number of carbonyl (C=O) groups excluding carboxylic acids is 2. The van der Waals surface area contributed by atoms with Crippen molar-refractivity contribution in [2.24, 2.45) is 0 Å². The van der Waals surface area contributed by atoms with Crippen LogP contribution in [0.2, 0.25) is 5.15 Å². The summed E-state index contributed by atoms with van der Waals surface area (Å²) in [5.41, 5.74) is 1.69. The molecule has 8 nitrogen and oxygen atoms in total. The van der Waals surface area contributed by atoms with E-state index < -0.39 is 17.9 Å². The summed E-state index contributed by atoms with van der Waals surface area (Å²) >= 11 is 6.41. The number of pyridine rings is 1. The highest BCUT2D eigenvalue weighted by Crippen LogP contribution is 2.35. The molecule has 2 aromatic heterocycles. The lowest BCUT2D eigenvalue weighted by molar-refractivity contribution is -0.122. The monoisotopic (exact) mass is 562 g/mol. The van der Waals surface area contributed by atoms with Crippen LogP contribution in [0.25, 0.3) is 11.3 Å². The Bertz CT molecular complexity index is 1160. The second-order valence-corrected chi connectivity index (χ2v) is 11.6. The smallest absolute Gasteiger partial charge is 0.272 e. The van der Waals surface area contributed by atoms with Crippen molar-refractivity contribution < 1.29 is 18.4 Å². The van der Waals surface area contributed by atoms with Gasteiger partial charge in [-0.2, -0.15) is 5.10 Å². The van der Waals surface area contributed by atoms with Crippen molar-refractivity contribution in [3.05, 3.63) is 35.2 Å². The van der Waals surface area contributed by atoms with Gasteiger partial charge in [0.2, 0.25) is 5.91 Å². The van der Waals surface area contributed by atoms with Gasteiger partial charge in [0.15, 0.2) is 5.69 Å². The molecule has 3 fully saturated rings. The molecule has 2 aromatic rings. The van der Waals surface area contributed by atoms with Crippen LogP contribution in [0.15, 0.2) is 24.4 Å². The molecule has 5 rings (SSSR count). The fraction of sp³-hybridized carbons (Fsp3) is 0.643. The molecule has 0 spiro atoms. The van der Waals surface area contributed by atoms with Crippen LogP contribution < -0.4 is 10.6 Å². The number of halogens is 3. The molecule has 2 saturated carbocycles. The average Bonchev–Trinajstić information content (AvgIpc) is 3.55. The third kappa shape index (κ3) is 7.14. The zero-order chi connectivity index (χ0) is 27.4. The van der Waals surface area contributed by atoms with E-state index in [0.29, 0.717) is 36.6 Å². The first-order valence-corrected chi connectivity index (χ1v) is 14.6. The molecule has 2 amide bonds. The van der Waals surface area contributed by atoms with Gasteiger partial charge in [-0.1, -0.05) is 24.4 Å². The topological polar surface area (TPSA) is 92.2 Å². The van der Waals surface area contributed by atoms with Crippen molar-refractivity contribution >= 4 is 23.4 Å². The van der Waals surface area contributed by atoms with Gasteiger partial charge in [-0.25, -0.2) is 13.8 Å². The standard InChI is InChI=1S/C28H37ClF2N6O2/c29-26-22(10-4-13-32-26)24-17-23(35-37(24)21-8-1-2-9-21)27(39)34-20(16-25(38)33-19-6-3-7-19)11-15-36-14-5-12-28(30,31)18-36/h4,10,13,17,19-21H,1-3,5-9,11-12,14-16,18H2,(H,33,38)(H,34,39)/t20-/m0/s1. The van der Waals surface area contributed by atoms with E-state index in [9.17, 15) is 18.4 Å². The summed E-state index contributed by atoms with van der Waals surface area (Å²) in [5.74, 6) is -3.22. The van der Waals surface area contributed by atoms with Gasteiger partial charge < -0.3 is 10.6 Å². The minimum Gasteiger partial charge on any atom is -0.353 e. The summed E-state index contributed by atoms with van der Waals surface area (Å²) in [7, 11) is 0. The number of nitrogens with one attached hydrogen (secondary N) is 2. The molecule has 2 N–H and O–H groups in total. The van der Waals surface area contributed by atoms with Gasteiger partial charge in [-0.15, -0.1) is 0 Å². The Morgan fingerprint density at radius 2 is 1.95 bits per heavy atom. The Kier molecular flexibility index (Phi) is 8.81. The fourth-order valence-electron chi connectivity index (χ4n) is 5.83. The van der Waals surface area contributed by atoms with Gasteiger partial charge in [-0.05, 0) is 69.7 Å². The van der Waals surface area contributed by atoms with E-state index in [1.807, 2.05) is 10.7 Å². The van der Waals surface area contributed by atoms with Crippen LogP contribution in [-0.2, 0) is 4.79 Å². The number of hydrogen-bond acceptors (Lipinski definition) is 5. The maximum absolute atomic E-state index is 13.9. The number of nitrogens with zero attached hydrogens (tertiary/aromatic N) is 4. The molecule has 212 valence electrons. The van der Waals surface area contributed by atoms with Crippen molar-refractivity contribution in [2.75, 3.05) is 19.6 Å². The number of alkyl halides is 2. The van der Waals surface area contributed by atoms with Crippen molar-refractivity contribution in [1.82, 2.24) is 30.3 Å². The summed E-state index contributed by atoms with van der Waals surface area (Å²) in [5, 5.41) is 11.0. The predicted octanol–water partition coefficient (Wildman–Crippen LogP) is 4.99. The zero-order valence-electron chi connectivity index (χ0n) is 22.2. The first-order chi connectivity index (χ1) is 18.8. The molecule has 3 heterocycles. The molecule has 0 aromatic carbocycles. The van der Waals surface area contributed by atoms with Crippen LogP contribution >= 0.6 is 11.6 Å². The lowest BCUT2D eigenvalue weighted by Gasteiger charge is -2.33. The summed E-state index contributed by atoms with van der Waals surface area (Å²) < 4.78 is 29.8. The highest BCUT2D eigenvalue weighted by molar-refractivity contribution is 6.32. The van der Waals surface area contributed by atoms with E-state index in [1.54, 1.807) is 23.2 Å². The predicted molar refractivity (Wildman–Crippen MR) is 145 cm³/mol. The van der Waals surface area contributed by atoms with Crippen LogP contribution in [0.4, 0.5) is 8.78 Å². The van der Waals surface area contributed by atoms with Gasteiger partial charge in [-0.3, -0.25) is 19.2 Å². The number of aromatic nitrogens is 3. The first kappa shape index (κ1) is 28.0. The van der Waals surface area contributed by atoms with Gasteiger partial charge in [0.1, 0.15) is 5.15 Å². The third-order valence-corrected chi connectivity index (χ3v) is 8.48. The lowest BCUT2D eigenvalue weighted by Crippen LogP contribution is -2.47. The van der Waals surface area contributed by atoms with Gasteiger partial charge in [0, 0.05) is 43.2 Å². The molecule has 1 aliphatic heterocycles. The van der Waals surface area contributed by atoms with E-state index in [1.165, 1.54) is 0 Å². The summed E-state index contributed by atoms with van der Waals surface area (Å²) in [6, 6.07) is 5.24. The van der Waals surface area contributed by atoms with Crippen LogP contribution in [0.5, 0.6) is 0 Å². The molecule has 1 atom stereocenters. The quantitative estimate of drug-likeness (QED) is 0.398. The van der Waals surface area contributed by atoms with Crippen molar-refractivity contribution in [2.45, 2.75) is 94.7 Å². The number of likely N-dealkylation sites (tertiary alicyclic amines) is 1. The molecular formula is C28H37ClF2N6O2. The third-order valence-electron chi connectivity index (χ3n) is 8.18. The van der Waals surface area contributed by atoms with E-state index in [4.69, 9.17) is 11.6 Å². The molecule has 0 bridgehead atoms. The Morgan fingerprint density at radius 3 is 2.64 bits per heavy atom. The number of piperidine rings is 1. The maximum atomic E-state index is 13.9. The fourth-order valence-corrected chi connectivity index (χ4v) is 6.05. The normalized spacial score (nSPS) is 20.9. The minimum atomic E-state index is -2.70. The van der Waals surface area contributed by atoms with Crippen LogP contribution in [0.1, 0.15) is 87.2 Å². The number of hydrogen-bond donors (Lipinski definition) is 2. The summed E-state index contributed by atoms with van der Waals surface area (Å²) in [4.78, 5) is 32.1. The SMILES string of the molecule is O=C(C[C@H](CCN1CCCC(F)(F)C1)NC(=O)c1cc(-c2cccnc2Cl)n(C2CCCC2)n1)NC1CCC1. The lowest BCUT2D eigenvalue weighted by atomic mass is 9.93. The highest BCUT2D eigenvalue weighted by Gasteiger charge is 2.35. The van der Waals surface area contributed by atoms with Crippen molar-refractivity contribution in [3.8, 4) is 11.3 Å². The van der Waals surface area contributed by atoms with Crippen LogP contribution in [-0.4, -0.2) is 69.1 Å². The highest BCUT2D eigenvalue weighted by atomic mass is 35.5. The average molecular weight is 563 g/mol. The Hall–Kier alpha value is -2.59. The van der Waals surface area contributed by atoms with Gasteiger partial charge in [0.25, 0.3) is 11.8 Å². The Balaban J connectivity index is 1.32. The molecule has 0 radical (unpaired) electrons. The number of carbonyl (C=O) groups is 2. The number of rotatable bonds is 10. The van der Waals surface area contributed by atoms with E-state index >= 15 is 0 Å². The second kappa shape index (κ2) is 12.3. The molecule has 3 aliphatic rings. The molecular weight excluding hydrogens is 526 g/mol. The molecule has 11 heteroatoms. The minimum absolute atomic E-state index is 0.0943. The first-order valence-electron chi connectivity index (χ1n) is 14.2. The van der Waals surface area contributed by atoms with Gasteiger partial charge >= 0.3 is 0 Å². The molecule has 0 unspecified atom stereocenters. The second-order valence-electron chi connectivity index (χ2n) is 11.2. The Morgan fingerprint density at radius 1 is 1.15 bits per heavy atom. The van der Waals surface area contributed by atoms with Crippen LogP contribution in [0.3, 0.4) is 0 Å². The molecule has 1 saturated heterocycles. The van der Waals surface area contributed by atoms with E-state index in [2.05, 4.69) is 20.7 Å².